The SMILES string of the molecule is Cc1ncsc1C(=O)NCc1cc(-c2nn(CC(O)CN3CCC(N4CCCC4=O)CC3)c3c2CN(S(C)(=O)=O)CC3)ccc1C(F)(F)F. The first kappa shape index (κ1) is 35.4. The Hall–Kier alpha value is -3.38. The Kier molecular flexibility index (Phi) is 10.2. The van der Waals surface area contributed by atoms with Crippen LogP contribution >= 0.6 is 11.3 Å². The molecule has 2 fully saturated rings. The second kappa shape index (κ2) is 14.1. The molecule has 12 nitrogen and oxygen atoms in total. The number of alkyl halides is 3. The van der Waals surface area contributed by atoms with E-state index in [0.717, 1.165) is 68.2 Å². The Morgan fingerprint density at radius 1 is 1.14 bits per heavy atom. The highest BCUT2D eigenvalue weighted by Gasteiger charge is 2.36. The second-order valence-electron chi connectivity index (χ2n) is 13.0. The van der Waals surface area contributed by atoms with Crippen LogP contribution in [0.15, 0.2) is 23.7 Å². The Labute approximate surface area is 286 Å². The minimum atomic E-state index is -4.69. The number of β-amino-alcohol motifs (C(OH)–C–C–N with tert-alkyl or cyclic N) is 1. The van der Waals surface area contributed by atoms with Crippen molar-refractivity contribution in [2.75, 3.05) is 39.0 Å². The number of piperidine rings is 1. The Morgan fingerprint density at radius 3 is 2.53 bits per heavy atom. The zero-order valence-electron chi connectivity index (χ0n) is 27.4. The molecule has 6 rings (SSSR count). The number of nitrogens with zero attached hydrogens (tertiary/aromatic N) is 6. The third-order valence-corrected chi connectivity index (χ3v) is 11.8. The van der Waals surface area contributed by atoms with E-state index in [9.17, 15) is 36.3 Å². The van der Waals surface area contributed by atoms with Crippen LogP contribution in [0.25, 0.3) is 11.3 Å². The number of aliphatic hydroxyl groups is 1. The number of rotatable bonds is 10. The third-order valence-electron chi connectivity index (χ3n) is 9.60. The van der Waals surface area contributed by atoms with Gasteiger partial charge >= 0.3 is 6.18 Å². The van der Waals surface area contributed by atoms with Crippen LogP contribution in [0.5, 0.6) is 0 Å². The fourth-order valence-electron chi connectivity index (χ4n) is 7.10. The van der Waals surface area contributed by atoms with Gasteiger partial charge in [0.15, 0.2) is 0 Å². The van der Waals surface area contributed by atoms with Crippen molar-refractivity contribution in [2.45, 2.75) is 77.0 Å². The van der Waals surface area contributed by atoms with Gasteiger partial charge < -0.3 is 20.2 Å². The molecule has 0 aliphatic carbocycles. The second-order valence-corrected chi connectivity index (χ2v) is 15.8. The summed E-state index contributed by atoms with van der Waals surface area (Å²) < 4.78 is 70.3. The molecule has 2 aromatic heterocycles. The van der Waals surface area contributed by atoms with Gasteiger partial charge in [0.25, 0.3) is 5.91 Å². The number of nitrogens with one attached hydrogen (secondary N) is 1. The molecular weight excluding hydrogens is 684 g/mol. The molecule has 0 saturated carbocycles. The number of carbonyl (C=O) groups excluding carboxylic acids is 2. The Bertz CT molecular complexity index is 1820. The number of carbonyl (C=O) groups is 2. The summed E-state index contributed by atoms with van der Waals surface area (Å²) in [6, 6.07) is 3.81. The van der Waals surface area contributed by atoms with Crippen molar-refractivity contribution in [1.82, 2.24) is 34.2 Å². The van der Waals surface area contributed by atoms with Gasteiger partial charge in [0.2, 0.25) is 15.9 Å². The van der Waals surface area contributed by atoms with Crippen molar-refractivity contribution < 1.29 is 36.3 Å². The van der Waals surface area contributed by atoms with Crippen molar-refractivity contribution in [3.8, 4) is 11.3 Å². The molecule has 2 saturated heterocycles. The molecule has 0 radical (unpaired) electrons. The van der Waals surface area contributed by atoms with Crippen LogP contribution in [-0.2, 0) is 47.0 Å². The number of likely N-dealkylation sites (tertiary alicyclic amines) is 2. The van der Waals surface area contributed by atoms with Gasteiger partial charge in [-0.1, -0.05) is 6.07 Å². The minimum Gasteiger partial charge on any atom is -0.390 e. The molecule has 1 unspecified atom stereocenters. The lowest BCUT2D eigenvalue weighted by molar-refractivity contribution is -0.138. The van der Waals surface area contributed by atoms with E-state index in [1.165, 1.54) is 21.9 Å². The summed E-state index contributed by atoms with van der Waals surface area (Å²) >= 11 is 1.09. The number of amides is 2. The molecule has 49 heavy (non-hydrogen) atoms. The predicted molar refractivity (Wildman–Crippen MR) is 176 cm³/mol. The molecule has 266 valence electrons. The number of fused-ring (bicyclic) bond motifs is 1. The lowest BCUT2D eigenvalue weighted by Crippen LogP contribution is -2.47. The van der Waals surface area contributed by atoms with Gasteiger partial charge in [-0.25, -0.2) is 13.4 Å². The summed E-state index contributed by atoms with van der Waals surface area (Å²) in [5.74, 6) is -0.324. The smallest absolute Gasteiger partial charge is 0.390 e. The van der Waals surface area contributed by atoms with E-state index in [1.54, 1.807) is 11.6 Å². The zero-order valence-corrected chi connectivity index (χ0v) is 29.0. The van der Waals surface area contributed by atoms with Crippen LogP contribution in [0.3, 0.4) is 0 Å². The van der Waals surface area contributed by atoms with Crippen LogP contribution < -0.4 is 5.32 Å². The summed E-state index contributed by atoms with van der Waals surface area (Å²) in [5, 5.41) is 18.5. The van der Waals surface area contributed by atoms with Gasteiger partial charge in [-0.2, -0.15) is 22.6 Å². The molecule has 3 aliphatic heterocycles. The number of benzene rings is 1. The quantitative estimate of drug-likeness (QED) is 0.326. The standard InChI is InChI=1S/C32H40F3N7O5S2/c1-20-30(48-19-37-20)31(45)36-15-22-14-21(5-6-26(22)32(33,34)35)29-25-18-40(49(2,46)47)13-9-27(25)42(38-29)17-24(43)16-39-11-7-23(8-12-39)41-10-3-4-28(41)44/h5-6,14,19,23-24,43H,3-4,7-13,15-18H2,1-2H3,(H,36,45). The Balaban J connectivity index is 1.24. The van der Waals surface area contributed by atoms with E-state index in [-0.39, 0.29) is 37.1 Å². The largest absolute Gasteiger partial charge is 0.416 e. The molecule has 2 amide bonds. The number of thiazole rings is 1. The molecule has 0 spiro atoms. The summed E-state index contributed by atoms with van der Waals surface area (Å²) in [4.78, 5) is 33.4. The average molecular weight is 724 g/mol. The highest BCUT2D eigenvalue weighted by Crippen LogP contribution is 2.37. The maximum atomic E-state index is 14.1. The lowest BCUT2D eigenvalue weighted by Gasteiger charge is -2.37. The fourth-order valence-corrected chi connectivity index (χ4v) is 8.60. The van der Waals surface area contributed by atoms with Gasteiger partial charge in [0.1, 0.15) is 4.88 Å². The molecule has 1 aromatic carbocycles. The Morgan fingerprint density at radius 2 is 1.90 bits per heavy atom. The normalized spacial score (nSPS) is 19.0. The van der Waals surface area contributed by atoms with Gasteiger partial charge in [-0.3, -0.25) is 14.3 Å². The summed E-state index contributed by atoms with van der Waals surface area (Å²) in [6.45, 7) is 4.21. The van der Waals surface area contributed by atoms with Crippen LogP contribution in [0.1, 0.15) is 63.4 Å². The van der Waals surface area contributed by atoms with Crippen molar-refractivity contribution in [3.63, 3.8) is 0 Å². The molecule has 1 atom stereocenters. The number of sulfonamides is 1. The van der Waals surface area contributed by atoms with E-state index in [1.807, 2.05) is 4.90 Å². The first-order valence-corrected chi connectivity index (χ1v) is 19.0. The number of hydrogen-bond acceptors (Lipinski definition) is 9. The molecule has 3 aliphatic rings. The van der Waals surface area contributed by atoms with Gasteiger partial charge in [0.05, 0.1) is 41.4 Å². The summed E-state index contributed by atoms with van der Waals surface area (Å²) in [7, 11) is -3.58. The number of halogens is 3. The number of aromatic nitrogens is 3. The number of aliphatic hydroxyl groups excluding tert-OH is 1. The first-order chi connectivity index (χ1) is 23.2. The molecular formula is C32H40F3N7O5S2. The minimum absolute atomic E-state index is 0.0138. The maximum absolute atomic E-state index is 14.1. The van der Waals surface area contributed by atoms with Crippen LogP contribution in [0, 0.1) is 6.92 Å². The molecule has 17 heteroatoms. The average Bonchev–Trinajstić information content (AvgIpc) is 3.77. The van der Waals surface area contributed by atoms with Crippen molar-refractivity contribution in [1.29, 1.82) is 0 Å². The van der Waals surface area contributed by atoms with Crippen LogP contribution in [0.4, 0.5) is 13.2 Å². The predicted octanol–water partition coefficient (Wildman–Crippen LogP) is 3.03. The third kappa shape index (κ3) is 7.85. The summed E-state index contributed by atoms with van der Waals surface area (Å²) in [6.07, 6.45) is -0.907. The van der Waals surface area contributed by atoms with E-state index >= 15 is 0 Å². The van der Waals surface area contributed by atoms with Crippen LogP contribution in [0.2, 0.25) is 0 Å². The maximum Gasteiger partial charge on any atom is 0.416 e. The van der Waals surface area contributed by atoms with Gasteiger partial charge in [-0.05, 0) is 43.9 Å². The molecule has 2 N–H and O–H groups in total. The highest BCUT2D eigenvalue weighted by molar-refractivity contribution is 7.88. The fraction of sp³-hybridized carbons (Fsp3) is 0.562. The highest BCUT2D eigenvalue weighted by atomic mass is 32.2. The van der Waals surface area contributed by atoms with Crippen molar-refractivity contribution in [2.24, 2.45) is 0 Å². The van der Waals surface area contributed by atoms with E-state index in [4.69, 9.17) is 5.10 Å². The van der Waals surface area contributed by atoms with E-state index < -0.39 is 40.3 Å². The summed E-state index contributed by atoms with van der Waals surface area (Å²) in [5.41, 5.74) is 2.84. The van der Waals surface area contributed by atoms with E-state index in [0.29, 0.717) is 46.8 Å². The zero-order chi connectivity index (χ0) is 35.1. The van der Waals surface area contributed by atoms with Crippen molar-refractivity contribution in [3.05, 3.63) is 56.7 Å². The van der Waals surface area contributed by atoms with E-state index in [2.05, 4.69) is 15.2 Å². The van der Waals surface area contributed by atoms with Crippen LogP contribution in [-0.4, -0.2) is 105 Å². The number of hydrogen-bond donors (Lipinski definition) is 2. The number of aryl methyl sites for hydroxylation is 1. The molecule has 0 bridgehead atoms. The van der Waals surface area contributed by atoms with Gasteiger partial charge in [-0.15, -0.1) is 11.3 Å². The van der Waals surface area contributed by atoms with Crippen molar-refractivity contribution >= 4 is 33.2 Å². The molecule has 3 aromatic rings. The lowest BCUT2D eigenvalue weighted by atomic mass is 9.97. The molecule has 5 heterocycles. The monoisotopic (exact) mass is 723 g/mol. The first-order valence-electron chi connectivity index (χ1n) is 16.3. The van der Waals surface area contributed by atoms with Gasteiger partial charge in [0, 0.05) is 81.5 Å². The topological polar surface area (TPSA) is 141 Å².